The van der Waals surface area contributed by atoms with Gasteiger partial charge < -0.3 is 25.8 Å². The van der Waals surface area contributed by atoms with Crippen LogP contribution in [0.2, 0.25) is 0 Å². The Kier molecular flexibility index (Phi) is 13.3. The number of carbonyl (C=O) groups excluding carboxylic acids is 1. The van der Waals surface area contributed by atoms with E-state index >= 15 is 0 Å². The van der Waals surface area contributed by atoms with Gasteiger partial charge in [-0.1, -0.05) is 27.7 Å². The molecule has 5 rings (SSSR count). The van der Waals surface area contributed by atoms with Gasteiger partial charge in [-0.25, -0.2) is 15.0 Å². The minimum atomic E-state index is -5.02. The smallest absolute Gasteiger partial charge is 0.365 e. The first-order chi connectivity index (χ1) is 25.2. The molecule has 0 spiro atoms. The normalized spacial score (nSPS) is 14.6. The van der Waals surface area contributed by atoms with Crippen molar-refractivity contribution in [3.05, 3.63) is 64.5 Å². The van der Waals surface area contributed by atoms with Crippen LogP contribution in [0, 0.1) is 23.2 Å². The van der Waals surface area contributed by atoms with E-state index in [0.717, 1.165) is 38.8 Å². The maximum atomic E-state index is 13.9. The third kappa shape index (κ3) is 12.0. The summed E-state index contributed by atoms with van der Waals surface area (Å²) in [7, 11) is 0. The summed E-state index contributed by atoms with van der Waals surface area (Å²) < 4.78 is 83.4. The summed E-state index contributed by atoms with van der Waals surface area (Å²) in [6, 6.07) is 3.33. The second-order valence-corrected chi connectivity index (χ2v) is 15.3. The summed E-state index contributed by atoms with van der Waals surface area (Å²) >= 11 is 0. The highest BCUT2D eigenvalue weighted by Gasteiger charge is 2.37. The van der Waals surface area contributed by atoms with Gasteiger partial charge in [0.15, 0.2) is 0 Å². The lowest BCUT2D eigenvalue weighted by molar-refractivity contribution is -0.143. The van der Waals surface area contributed by atoms with Crippen LogP contribution in [0.3, 0.4) is 0 Å². The quantitative estimate of drug-likeness (QED) is 0.111. The molecule has 2 heterocycles. The van der Waals surface area contributed by atoms with Gasteiger partial charge in [-0.2, -0.15) is 26.3 Å². The van der Waals surface area contributed by atoms with E-state index in [2.05, 4.69) is 25.5 Å². The molecule has 3 N–H and O–H groups in total. The summed E-state index contributed by atoms with van der Waals surface area (Å²) in [5.74, 6) is 1.50. The fourth-order valence-corrected chi connectivity index (χ4v) is 5.71. The number of benzene rings is 1. The van der Waals surface area contributed by atoms with Crippen molar-refractivity contribution in [1.29, 1.82) is 5.41 Å². The molecule has 2 aliphatic carbocycles. The molecular formula is C39H52F6N8O. The van der Waals surface area contributed by atoms with Crippen molar-refractivity contribution in [3.63, 3.8) is 0 Å². The van der Waals surface area contributed by atoms with Crippen LogP contribution in [-0.2, 0) is 30.2 Å². The first-order valence-corrected chi connectivity index (χ1v) is 18.4. The van der Waals surface area contributed by atoms with Crippen molar-refractivity contribution in [2.75, 3.05) is 33.5 Å². The van der Waals surface area contributed by atoms with Gasteiger partial charge in [0.2, 0.25) is 11.9 Å². The lowest BCUT2D eigenvalue weighted by Crippen LogP contribution is -2.34. The summed E-state index contributed by atoms with van der Waals surface area (Å²) in [5.41, 5.74) is -1.87. The highest BCUT2D eigenvalue weighted by molar-refractivity contribution is 6.01. The Hall–Kier alpha value is -4.43. The molecule has 2 fully saturated rings. The van der Waals surface area contributed by atoms with Crippen LogP contribution in [0.15, 0.2) is 36.7 Å². The molecule has 296 valence electrons. The Morgan fingerprint density at radius 1 is 0.852 bits per heavy atom. The topological polar surface area (TPSA) is 110 Å². The van der Waals surface area contributed by atoms with Crippen LogP contribution >= 0.6 is 0 Å². The summed E-state index contributed by atoms with van der Waals surface area (Å²) in [6.45, 7) is 16.0. The predicted molar refractivity (Wildman–Crippen MR) is 201 cm³/mol. The van der Waals surface area contributed by atoms with Crippen LogP contribution in [0.4, 0.5) is 49.6 Å². The number of hydrogen-bond donors (Lipinski definition) is 3. The molecule has 2 aromatic heterocycles. The van der Waals surface area contributed by atoms with Crippen molar-refractivity contribution >= 4 is 34.9 Å². The van der Waals surface area contributed by atoms with Crippen molar-refractivity contribution in [3.8, 4) is 0 Å². The average molecular weight is 763 g/mol. The zero-order valence-corrected chi connectivity index (χ0v) is 32.3. The van der Waals surface area contributed by atoms with Gasteiger partial charge in [0.05, 0.1) is 29.2 Å². The Bertz CT molecular complexity index is 1710. The molecule has 3 aromatic rings. The second kappa shape index (κ2) is 16.9. The Labute approximate surface area is 313 Å². The average Bonchev–Trinajstić information content (AvgIpc) is 4.02. The monoisotopic (exact) mass is 762 g/mol. The highest BCUT2D eigenvalue weighted by Crippen LogP contribution is 2.39. The minimum absolute atomic E-state index is 0.0143. The van der Waals surface area contributed by atoms with Crippen molar-refractivity contribution < 1.29 is 31.1 Å². The second-order valence-electron chi connectivity index (χ2n) is 15.3. The molecule has 0 radical (unpaired) electrons. The van der Waals surface area contributed by atoms with Crippen LogP contribution in [0.25, 0.3) is 0 Å². The number of hydrogen-bond acceptors (Lipinski definition) is 8. The van der Waals surface area contributed by atoms with E-state index in [1.165, 1.54) is 17.3 Å². The maximum absolute atomic E-state index is 13.9. The molecule has 2 aliphatic rings. The molecule has 2 saturated carbocycles. The van der Waals surface area contributed by atoms with E-state index in [-0.39, 0.29) is 47.3 Å². The summed E-state index contributed by atoms with van der Waals surface area (Å²) in [6.07, 6.45) is -3.03. The molecule has 0 saturated heterocycles. The fraction of sp³-hybridized carbons (Fsp3) is 0.564. The van der Waals surface area contributed by atoms with Gasteiger partial charge in [-0.3, -0.25) is 4.79 Å². The number of alkyl halides is 6. The fourth-order valence-electron chi connectivity index (χ4n) is 5.71. The van der Waals surface area contributed by atoms with Crippen LogP contribution in [-0.4, -0.2) is 45.2 Å². The SMILES string of the molecule is CC.CC(=N)c1cc(CN(Cc2cc(C(F)(F)F)cc(C(F)(F)F)c2)c2ncc(NC(=O)C(C)C)cn2)c(N(CC2CC2)CC2CC2)nc1NC(C)(C)C. The Morgan fingerprint density at radius 3 is 1.80 bits per heavy atom. The summed E-state index contributed by atoms with van der Waals surface area (Å²) in [5, 5.41) is 14.7. The molecule has 1 amide bonds. The van der Waals surface area contributed by atoms with Crippen LogP contribution in [0.1, 0.15) is 109 Å². The van der Waals surface area contributed by atoms with Crippen molar-refractivity contribution in [2.45, 2.75) is 112 Å². The molecule has 0 bridgehead atoms. The zero-order valence-electron chi connectivity index (χ0n) is 32.3. The number of anilines is 4. The molecule has 0 atom stereocenters. The van der Waals surface area contributed by atoms with E-state index < -0.39 is 35.6 Å². The van der Waals surface area contributed by atoms with E-state index in [9.17, 15) is 31.1 Å². The number of halogens is 6. The molecular weight excluding hydrogens is 710 g/mol. The largest absolute Gasteiger partial charge is 0.416 e. The number of amides is 1. The van der Waals surface area contributed by atoms with E-state index in [1.54, 1.807) is 20.8 Å². The number of rotatable bonds is 14. The molecule has 0 aliphatic heterocycles. The van der Waals surface area contributed by atoms with Crippen molar-refractivity contribution in [2.24, 2.45) is 17.8 Å². The molecule has 9 nitrogen and oxygen atoms in total. The molecule has 54 heavy (non-hydrogen) atoms. The highest BCUT2D eigenvalue weighted by atomic mass is 19.4. The lowest BCUT2D eigenvalue weighted by atomic mass is 10.0. The Balaban J connectivity index is 0.00000319. The van der Waals surface area contributed by atoms with E-state index in [1.807, 2.05) is 40.7 Å². The van der Waals surface area contributed by atoms with E-state index in [4.69, 9.17) is 10.4 Å². The van der Waals surface area contributed by atoms with Crippen LogP contribution < -0.4 is 20.4 Å². The molecule has 1 aromatic carbocycles. The number of nitrogens with one attached hydrogen (secondary N) is 3. The van der Waals surface area contributed by atoms with Gasteiger partial charge in [0.25, 0.3) is 0 Å². The first-order valence-electron chi connectivity index (χ1n) is 18.4. The number of nitrogens with zero attached hydrogens (tertiary/aromatic N) is 5. The van der Waals surface area contributed by atoms with E-state index in [0.29, 0.717) is 46.7 Å². The maximum Gasteiger partial charge on any atom is 0.416 e. The van der Waals surface area contributed by atoms with Gasteiger partial charge >= 0.3 is 12.4 Å². The van der Waals surface area contributed by atoms with Crippen molar-refractivity contribution in [1.82, 2.24) is 15.0 Å². The minimum Gasteiger partial charge on any atom is -0.365 e. The predicted octanol–water partition coefficient (Wildman–Crippen LogP) is 9.96. The zero-order chi connectivity index (χ0) is 40.2. The first kappa shape index (κ1) is 42.3. The third-order valence-corrected chi connectivity index (χ3v) is 8.72. The van der Waals surface area contributed by atoms with Gasteiger partial charge in [-0.15, -0.1) is 0 Å². The van der Waals surface area contributed by atoms with Crippen LogP contribution in [0.5, 0.6) is 0 Å². The lowest BCUT2D eigenvalue weighted by Gasteiger charge is -2.31. The van der Waals surface area contributed by atoms with Gasteiger partial charge in [0, 0.05) is 54.5 Å². The number of carbonyl (C=O) groups is 1. The number of pyridine rings is 1. The molecule has 15 heteroatoms. The Morgan fingerprint density at radius 2 is 1.37 bits per heavy atom. The third-order valence-electron chi connectivity index (χ3n) is 8.72. The molecule has 0 unspecified atom stereocenters. The van der Waals surface area contributed by atoms with Gasteiger partial charge in [-0.05, 0) is 95.0 Å². The van der Waals surface area contributed by atoms with Gasteiger partial charge in [0.1, 0.15) is 11.6 Å². The summed E-state index contributed by atoms with van der Waals surface area (Å²) in [4.78, 5) is 30.0. The standard InChI is InChI=1S/C37H46F6N8O.C2H6/c1-21(2)33(52)47-29-15-45-34(46-16-29)51(19-25-11-27(36(38,39)40)14-28(12-25)37(41,42)43)20-26-13-30(22(3)44)31(49-35(4,5)6)48-32(26)50(17-23-7-8-23)18-24-9-10-24;1-2/h11-16,21,23-24,44H,7-10,17-20H2,1-6H3,(H,47,52)(H,48,49);1-2H3. The number of aromatic nitrogens is 3.